The zero-order valence-electron chi connectivity index (χ0n) is 16.3. The number of carbonyl (C=O) groups excluding carboxylic acids is 2. The molecule has 3 N–H and O–H groups in total. The number of nitrogens with one attached hydrogen (secondary N) is 1. The highest BCUT2D eigenvalue weighted by Crippen LogP contribution is 2.44. The van der Waals surface area contributed by atoms with Crippen LogP contribution in [0.1, 0.15) is 33.2 Å². The number of fused-ring (bicyclic) bond motifs is 1. The van der Waals surface area contributed by atoms with Gasteiger partial charge in [-0.25, -0.2) is 4.98 Å². The van der Waals surface area contributed by atoms with E-state index in [-0.39, 0.29) is 40.0 Å². The number of imidazole rings is 1. The molecular formula is C23H18N2O5. The molecule has 0 saturated heterocycles. The number of H-pyrrole nitrogens is 1. The van der Waals surface area contributed by atoms with Gasteiger partial charge in [-0.1, -0.05) is 30.3 Å². The number of carbonyl (C=O) groups is 2. The molecule has 0 spiro atoms. The van der Waals surface area contributed by atoms with Gasteiger partial charge in [0.1, 0.15) is 34.2 Å². The Morgan fingerprint density at radius 2 is 1.70 bits per heavy atom. The minimum Gasteiger partial charge on any atom is -0.507 e. The lowest BCUT2D eigenvalue weighted by molar-refractivity contribution is 0.101. The first-order valence-corrected chi connectivity index (χ1v) is 9.14. The van der Waals surface area contributed by atoms with Crippen molar-refractivity contribution < 1.29 is 24.5 Å². The molecule has 30 heavy (non-hydrogen) atoms. The number of rotatable bonds is 5. The van der Waals surface area contributed by atoms with Gasteiger partial charge in [-0.2, -0.15) is 0 Å². The SMILES string of the molecule is COc1c(C(C)=O)c(O)cc(O)c1-c1nc2ccc(C(=O)c3ccccc3)cc2[nH]1. The summed E-state index contributed by atoms with van der Waals surface area (Å²) in [4.78, 5) is 32.2. The smallest absolute Gasteiger partial charge is 0.193 e. The number of hydrogen-bond acceptors (Lipinski definition) is 6. The number of aromatic hydroxyl groups is 2. The molecule has 1 aromatic heterocycles. The van der Waals surface area contributed by atoms with E-state index in [0.717, 1.165) is 6.07 Å². The summed E-state index contributed by atoms with van der Waals surface area (Å²) in [5, 5.41) is 20.5. The van der Waals surface area contributed by atoms with Crippen molar-refractivity contribution in [2.45, 2.75) is 6.92 Å². The van der Waals surface area contributed by atoms with E-state index in [9.17, 15) is 19.8 Å². The molecule has 7 heteroatoms. The number of phenols is 2. The highest BCUT2D eigenvalue weighted by Gasteiger charge is 2.25. The molecule has 0 unspecified atom stereocenters. The average molecular weight is 402 g/mol. The Hall–Kier alpha value is -4.13. The lowest BCUT2D eigenvalue weighted by Gasteiger charge is -2.13. The Morgan fingerprint density at radius 1 is 0.967 bits per heavy atom. The molecule has 4 rings (SSSR count). The van der Waals surface area contributed by atoms with E-state index >= 15 is 0 Å². The van der Waals surface area contributed by atoms with E-state index in [4.69, 9.17) is 4.74 Å². The summed E-state index contributed by atoms with van der Waals surface area (Å²) in [7, 11) is 1.34. The van der Waals surface area contributed by atoms with Crippen LogP contribution >= 0.6 is 0 Å². The number of phenolic OH excluding ortho intramolecular Hbond substituents is 2. The van der Waals surface area contributed by atoms with Crippen molar-refractivity contribution in [3.05, 3.63) is 71.3 Å². The molecule has 0 radical (unpaired) electrons. The Balaban J connectivity index is 1.85. The monoisotopic (exact) mass is 402 g/mol. The summed E-state index contributed by atoms with van der Waals surface area (Å²) in [6.45, 7) is 1.29. The molecule has 3 aromatic carbocycles. The molecule has 0 aliphatic rings. The summed E-state index contributed by atoms with van der Waals surface area (Å²) in [6, 6.07) is 15.1. The fourth-order valence-electron chi connectivity index (χ4n) is 3.43. The summed E-state index contributed by atoms with van der Waals surface area (Å²) < 4.78 is 5.31. The highest BCUT2D eigenvalue weighted by molar-refractivity contribution is 6.10. The van der Waals surface area contributed by atoms with Gasteiger partial charge in [-0.15, -0.1) is 0 Å². The van der Waals surface area contributed by atoms with Gasteiger partial charge in [0.05, 0.1) is 18.1 Å². The van der Waals surface area contributed by atoms with Crippen LogP contribution in [0.2, 0.25) is 0 Å². The quantitative estimate of drug-likeness (QED) is 0.434. The van der Waals surface area contributed by atoms with Gasteiger partial charge < -0.3 is 19.9 Å². The van der Waals surface area contributed by atoms with Crippen molar-refractivity contribution >= 4 is 22.6 Å². The van der Waals surface area contributed by atoms with E-state index in [1.54, 1.807) is 42.5 Å². The maximum atomic E-state index is 12.7. The number of aromatic nitrogens is 2. The van der Waals surface area contributed by atoms with E-state index in [0.29, 0.717) is 22.2 Å². The summed E-state index contributed by atoms with van der Waals surface area (Å²) in [5.74, 6) is -0.970. The number of nitrogens with zero attached hydrogens (tertiary/aromatic N) is 1. The van der Waals surface area contributed by atoms with Crippen molar-refractivity contribution in [1.82, 2.24) is 9.97 Å². The molecule has 0 amide bonds. The summed E-state index contributed by atoms with van der Waals surface area (Å²) in [6.07, 6.45) is 0. The van der Waals surface area contributed by atoms with Crippen molar-refractivity contribution in [1.29, 1.82) is 0 Å². The molecule has 0 aliphatic heterocycles. The Bertz CT molecular complexity index is 1290. The van der Waals surface area contributed by atoms with Crippen molar-refractivity contribution in [2.75, 3.05) is 7.11 Å². The molecule has 0 atom stereocenters. The van der Waals surface area contributed by atoms with Crippen LogP contribution in [-0.4, -0.2) is 38.9 Å². The fraction of sp³-hybridized carbons (Fsp3) is 0.0870. The number of Topliss-reactive ketones (excluding diaryl/α,β-unsaturated/α-hetero) is 1. The van der Waals surface area contributed by atoms with E-state index < -0.39 is 5.78 Å². The number of aromatic amines is 1. The van der Waals surface area contributed by atoms with E-state index in [1.807, 2.05) is 6.07 Å². The lowest BCUT2D eigenvalue weighted by atomic mass is 10.0. The third-order valence-electron chi connectivity index (χ3n) is 4.81. The summed E-state index contributed by atoms with van der Waals surface area (Å²) >= 11 is 0. The number of ether oxygens (including phenoxy) is 1. The van der Waals surface area contributed by atoms with Crippen molar-refractivity contribution in [3.8, 4) is 28.6 Å². The second-order valence-corrected chi connectivity index (χ2v) is 6.77. The van der Waals surface area contributed by atoms with Gasteiger partial charge in [0.2, 0.25) is 0 Å². The molecule has 4 aromatic rings. The Kier molecular flexibility index (Phi) is 4.71. The predicted molar refractivity (Wildman–Crippen MR) is 111 cm³/mol. The van der Waals surface area contributed by atoms with Gasteiger partial charge in [0, 0.05) is 17.2 Å². The van der Waals surface area contributed by atoms with Crippen LogP contribution in [-0.2, 0) is 0 Å². The molecule has 0 bridgehead atoms. The minimum absolute atomic E-state index is 0.0136. The number of methoxy groups -OCH3 is 1. The molecule has 0 aliphatic carbocycles. The third-order valence-corrected chi connectivity index (χ3v) is 4.81. The topological polar surface area (TPSA) is 113 Å². The fourth-order valence-corrected chi connectivity index (χ4v) is 3.43. The van der Waals surface area contributed by atoms with Crippen LogP contribution < -0.4 is 4.74 Å². The van der Waals surface area contributed by atoms with E-state index in [1.165, 1.54) is 14.0 Å². The molecule has 7 nitrogen and oxygen atoms in total. The first-order valence-electron chi connectivity index (χ1n) is 9.14. The molecule has 150 valence electrons. The van der Waals surface area contributed by atoms with Crippen LogP contribution in [0.15, 0.2) is 54.6 Å². The van der Waals surface area contributed by atoms with Crippen molar-refractivity contribution in [2.24, 2.45) is 0 Å². The maximum absolute atomic E-state index is 12.7. The van der Waals surface area contributed by atoms with Crippen LogP contribution in [0, 0.1) is 0 Å². The number of ketones is 2. The standard InChI is InChI=1S/C23H18N2O5/c1-12(26)19-17(27)11-18(28)20(22(19)30-2)23-24-15-9-8-14(10-16(15)25-23)21(29)13-6-4-3-5-7-13/h3-11,27-28H,1-2H3,(H,24,25). The van der Waals surface area contributed by atoms with Gasteiger partial charge in [-0.05, 0) is 25.1 Å². The van der Waals surface area contributed by atoms with Crippen LogP contribution in [0.25, 0.3) is 22.4 Å². The van der Waals surface area contributed by atoms with Crippen LogP contribution in [0.3, 0.4) is 0 Å². The second-order valence-electron chi connectivity index (χ2n) is 6.77. The normalized spacial score (nSPS) is 10.9. The Morgan fingerprint density at radius 3 is 2.37 bits per heavy atom. The lowest BCUT2D eigenvalue weighted by Crippen LogP contribution is -2.01. The van der Waals surface area contributed by atoms with Gasteiger partial charge >= 0.3 is 0 Å². The summed E-state index contributed by atoms with van der Waals surface area (Å²) in [5.41, 5.74) is 2.29. The maximum Gasteiger partial charge on any atom is 0.193 e. The average Bonchev–Trinajstić information content (AvgIpc) is 3.15. The zero-order chi connectivity index (χ0) is 21.4. The van der Waals surface area contributed by atoms with Gasteiger partial charge in [0.15, 0.2) is 11.6 Å². The zero-order valence-corrected chi connectivity index (χ0v) is 16.3. The molecule has 0 saturated carbocycles. The van der Waals surface area contributed by atoms with Gasteiger partial charge in [0.25, 0.3) is 0 Å². The highest BCUT2D eigenvalue weighted by atomic mass is 16.5. The molecule has 1 heterocycles. The van der Waals surface area contributed by atoms with Gasteiger partial charge in [-0.3, -0.25) is 9.59 Å². The van der Waals surface area contributed by atoms with Crippen LogP contribution in [0.4, 0.5) is 0 Å². The molecular weight excluding hydrogens is 384 g/mol. The second kappa shape index (κ2) is 7.36. The first kappa shape index (κ1) is 19.2. The predicted octanol–water partition coefficient (Wildman–Crippen LogP) is 4.08. The number of hydrogen-bond donors (Lipinski definition) is 3. The van der Waals surface area contributed by atoms with Crippen molar-refractivity contribution in [3.63, 3.8) is 0 Å². The largest absolute Gasteiger partial charge is 0.507 e. The Labute approximate surface area is 171 Å². The number of benzene rings is 3. The molecule has 0 fully saturated rings. The van der Waals surface area contributed by atoms with E-state index in [2.05, 4.69) is 9.97 Å². The minimum atomic E-state index is -0.419. The van der Waals surface area contributed by atoms with Crippen LogP contribution in [0.5, 0.6) is 17.2 Å². The first-order chi connectivity index (χ1) is 14.4. The third kappa shape index (κ3) is 3.16.